The number of benzene rings is 1. The summed E-state index contributed by atoms with van der Waals surface area (Å²) < 4.78 is 27.7. The molecule has 11 heteroatoms. The number of aliphatic carboxylic acids is 1. The van der Waals surface area contributed by atoms with Crippen LogP contribution in [0.15, 0.2) is 29.2 Å². The van der Waals surface area contributed by atoms with Gasteiger partial charge in [0.1, 0.15) is 4.32 Å². The van der Waals surface area contributed by atoms with Crippen molar-refractivity contribution in [1.82, 2.24) is 10.2 Å². The van der Waals surface area contributed by atoms with E-state index in [0.29, 0.717) is 21.2 Å². The third kappa shape index (κ3) is 6.98. The Bertz CT molecular complexity index is 1230. The summed E-state index contributed by atoms with van der Waals surface area (Å²) in [5.41, 5.74) is 1.05. The molecule has 0 bridgehead atoms. The molecule has 0 atom stereocenters. The largest absolute Gasteiger partial charge is 0.481 e. The third-order valence-electron chi connectivity index (χ3n) is 5.26. The Morgan fingerprint density at radius 3 is 2.53 bits per heavy atom. The van der Waals surface area contributed by atoms with Crippen LogP contribution in [0.3, 0.4) is 0 Å². The molecular weight excluding hydrogens is 526 g/mol. The molecule has 6 nitrogen and oxygen atoms in total. The minimum atomic E-state index is -0.925. The maximum absolute atomic E-state index is 13.9. The Morgan fingerprint density at radius 2 is 1.89 bits per heavy atom. The van der Waals surface area contributed by atoms with Crippen molar-refractivity contribution < 1.29 is 28.3 Å². The molecule has 2 amide bonds. The van der Waals surface area contributed by atoms with Crippen molar-refractivity contribution in [2.45, 2.75) is 45.4 Å². The highest BCUT2D eigenvalue weighted by Crippen LogP contribution is 2.42. The van der Waals surface area contributed by atoms with Crippen LogP contribution in [-0.2, 0) is 19.8 Å². The first-order chi connectivity index (χ1) is 16.9. The molecule has 3 rings (SSSR count). The van der Waals surface area contributed by atoms with Crippen molar-refractivity contribution in [3.63, 3.8) is 0 Å². The maximum atomic E-state index is 13.9. The van der Waals surface area contributed by atoms with Crippen LogP contribution < -0.4 is 5.32 Å². The molecule has 1 fully saturated rings. The lowest BCUT2D eigenvalue weighted by Crippen LogP contribution is -2.33. The fourth-order valence-corrected chi connectivity index (χ4v) is 6.06. The van der Waals surface area contributed by atoms with Crippen molar-refractivity contribution in [2.75, 3.05) is 13.1 Å². The van der Waals surface area contributed by atoms with E-state index >= 15 is 0 Å². The van der Waals surface area contributed by atoms with Crippen molar-refractivity contribution in [2.24, 2.45) is 0 Å². The molecule has 0 aliphatic carbocycles. The van der Waals surface area contributed by atoms with Gasteiger partial charge in [-0.05, 0) is 47.2 Å². The number of nitrogens with zero attached hydrogens (tertiary/aromatic N) is 1. The van der Waals surface area contributed by atoms with Gasteiger partial charge in [0, 0.05) is 35.7 Å². The molecule has 1 aliphatic heterocycles. The summed E-state index contributed by atoms with van der Waals surface area (Å²) in [5, 5.41) is 11.3. The summed E-state index contributed by atoms with van der Waals surface area (Å²) in [5.74, 6) is -3.35. The number of amides is 2. The number of thioether (sulfide) groups is 1. The minimum Gasteiger partial charge on any atom is -0.481 e. The lowest BCUT2D eigenvalue weighted by molar-refractivity contribution is -0.137. The number of carboxylic acids is 1. The predicted molar refractivity (Wildman–Crippen MR) is 143 cm³/mol. The molecule has 1 saturated heterocycles. The van der Waals surface area contributed by atoms with Gasteiger partial charge in [-0.1, -0.05) is 50.8 Å². The molecule has 1 aromatic heterocycles. The van der Waals surface area contributed by atoms with Crippen molar-refractivity contribution in [1.29, 1.82) is 0 Å². The standard InChI is InChI=1S/C25H26F2N2O4S3/c1-25(2,3)22-16(14-6-7-17(26)18(27)11-14)12-15(35-22)13-19-23(33)29(24(34)36-19)10-8-20(30)28-9-4-5-21(31)32/h6-7,11-13H,4-5,8-10H2,1-3H3,(H,28,30)(H,31,32)/b19-13-. The number of hydrogen-bond donors (Lipinski definition) is 2. The van der Waals surface area contributed by atoms with Crippen molar-refractivity contribution >= 4 is 63.5 Å². The van der Waals surface area contributed by atoms with Crippen LogP contribution in [0, 0.1) is 11.6 Å². The Kier molecular flexibility index (Phi) is 9.02. The molecule has 0 saturated carbocycles. The molecule has 192 valence electrons. The van der Waals surface area contributed by atoms with Gasteiger partial charge in [-0.15, -0.1) is 11.3 Å². The van der Waals surface area contributed by atoms with Gasteiger partial charge in [-0.2, -0.15) is 0 Å². The van der Waals surface area contributed by atoms with E-state index in [1.807, 2.05) is 26.8 Å². The van der Waals surface area contributed by atoms with Gasteiger partial charge in [-0.3, -0.25) is 19.3 Å². The zero-order chi connectivity index (χ0) is 26.6. The summed E-state index contributed by atoms with van der Waals surface area (Å²) >= 11 is 7.96. The van der Waals surface area contributed by atoms with Gasteiger partial charge in [0.15, 0.2) is 11.6 Å². The Morgan fingerprint density at radius 1 is 1.17 bits per heavy atom. The average Bonchev–Trinajstić information content (AvgIpc) is 3.33. The molecule has 36 heavy (non-hydrogen) atoms. The number of thiocarbonyl (C=S) groups is 1. The van der Waals surface area contributed by atoms with Crippen molar-refractivity contribution in [3.8, 4) is 11.1 Å². The Labute approximate surface area is 221 Å². The van der Waals surface area contributed by atoms with E-state index in [1.54, 1.807) is 6.08 Å². The highest BCUT2D eigenvalue weighted by atomic mass is 32.2. The average molecular weight is 553 g/mol. The SMILES string of the molecule is CC(C)(C)c1sc(/C=C2\SC(=S)N(CCC(=O)NCCCC(=O)O)C2=O)cc1-c1ccc(F)c(F)c1. The highest BCUT2D eigenvalue weighted by molar-refractivity contribution is 8.26. The van der Waals surface area contributed by atoms with Crippen molar-refractivity contribution in [3.05, 3.63) is 50.6 Å². The van der Waals surface area contributed by atoms with E-state index in [4.69, 9.17) is 17.3 Å². The smallest absolute Gasteiger partial charge is 0.303 e. The predicted octanol–water partition coefficient (Wildman–Crippen LogP) is 5.56. The Balaban J connectivity index is 1.74. The van der Waals surface area contributed by atoms with Crippen LogP contribution in [0.25, 0.3) is 17.2 Å². The second-order valence-corrected chi connectivity index (χ2v) is 12.0. The number of thiophene rings is 1. The number of carbonyl (C=O) groups excluding carboxylic acids is 2. The number of rotatable bonds is 9. The van der Waals surface area contributed by atoms with E-state index in [2.05, 4.69) is 5.32 Å². The van der Waals surface area contributed by atoms with Crippen LogP contribution in [-0.4, -0.2) is 45.2 Å². The molecule has 2 aromatic rings. The summed E-state index contributed by atoms with van der Waals surface area (Å²) in [6.45, 7) is 6.44. The Hall–Kier alpha value is -2.63. The molecule has 2 heterocycles. The van der Waals surface area contributed by atoms with E-state index in [1.165, 1.54) is 28.4 Å². The fraction of sp³-hybridized carbons (Fsp3) is 0.360. The minimum absolute atomic E-state index is 0.0305. The van der Waals surface area contributed by atoms with Gasteiger partial charge < -0.3 is 10.4 Å². The van der Waals surface area contributed by atoms with E-state index in [0.717, 1.165) is 33.1 Å². The maximum Gasteiger partial charge on any atom is 0.303 e. The number of carbonyl (C=O) groups is 3. The van der Waals surface area contributed by atoms with E-state index < -0.39 is 17.6 Å². The van der Waals surface area contributed by atoms with Gasteiger partial charge in [0.2, 0.25) is 5.91 Å². The summed E-state index contributed by atoms with van der Waals surface area (Å²) in [4.78, 5) is 39.1. The van der Waals surface area contributed by atoms with Crippen LogP contribution in [0.4, 0.5) is 8.78 Å². The highest BCUT2D eigenvalue weighted by Gasteiger charge is 2.32. The van der Waals surface area contributed by atoms with Crippen LogP contribution >= 0.6 is 35.3 Å². The summed E-state index contributed by atoms with van der Waals surface area (Å²) in [7, 11) is 0. The zero-order valence-corrected chi connectivity index (χ0v) is 22.5. The monoisotopic (exact) mass is 552 g/mol. The number of halogens is 2. The summed E-state index contributed by atoms with van der Waals surface area (Å²) in [6, 6.07) is 5.66. The molecule has 0 radical (unpaired) electrons. The van der Waals surface area contributed by atoms with E-state index in [-0.39, 0.29) is 43.2 Å². The zero-order valence-electron chi connectivity index (χ0n) is 20.0. The topological polar surface area (TPSA) is 86.7 Å². The normalized spacial score (nSPS) is 15.1. The lowest BCUT2D eigenvalue weighted by Gasteiger charge is -2.19. The first-order valence-electron chi connectivity index (χ1n) is 11.2. The first kappa shape index (κ1) is 27.9. The van der Waals surface area contributed by atoms with Gasteiger partial charge in [0.25, 0.3) is 5.91 Å². The van der Waals surface area contributed by atoms with Gasteiger partial charge in [0.05, 0.1) is 4.91 Å². The molecule has 0 unspecified atom stereocenters. The molecule has 0 spiro atoms. The summed E-state index contributed by atoms with van der Waals surface area (Å²) in [6.07, 6.45) is 2.07. The number of hydrogen-bond acceptors (Lipinski definition) is 6. The van der Waals surface area contributed by atoms with Gasteiger partial charge in [-0.25, -0.2) is 8.78 Å². The fourth-order valence-electron chi connectivity index (χ4n) is 3.51. The van der Waals surface area contributed by atoms with E-state index in [9.17, 15) is 23.2 Å². The van der Waals surface area contributed by atoms with Crippen LogP contribution in [0.1, 0.15) is 49.8 Å². The second kappa shape index (κ2) is 11.6. The third-order valence-corrected chi connectivity index (χ3v) is 8.15. The molecule has 1 aromatic carbocycles. The number of nitrogens with one attached hydrogen (secondary N) is 1. The van der Waals surface area contributed by atoms with Gasteiger partial charge >= 0.3 is 5.97 Å². The number of carboxylic acid groups (broad SMARTS) is 1. The molecular formula is C25H26F2N2O4S3. The lowest BCUT2D eigenvalue weighted by atomic mass is 9.89. The quantitative estimate of drug-likeness (QED) is 0.241. The molecule has 1 aliphatic rings. The second-order valence-electron chi connectivity index (χ2n) is 9.20. The van der Waals surface area contributed by atoms with Crippen LogP contribution in [0.2, 0.25) is 0 Å². The first-order valence-corrected chi connectivity index (χ1v) is 13.2. The van der Waals surface area contributed by atoms with Crippen LogP contribution in [0.5, 0.6) is 0 Å². The molecule has 2 N–H and O–H groups in total.